The van der Waals surface area contributed by atoms with Crippen molar-refractivity contribution >= 4 is 65.4 Å². The molecule has 0 aliphatic heterocycles. The topological polar surface area (TPSA) is 14.8 Å². The number of aryl methyl sites for hydroxylation is 5. The lowest BCUT2D eigenvalue weighted by Crippen LogP contribution is -2.29. The molecule has 7 aromatic carbocycles. The summed E-state index contributed by atoms with van der Waals surface area (Å²) in [5.74, 6) is 0. The van der Waals surface area contributed by atoms with E-state index in [0.717, 1.165) is 58.2 Å². The Hall–Kier alpha value is -6.06. The molecular formula is C54H51N3. The Morgan fingerprint density at radius 1 is 0.351 bits per heavy atom. The summed E-state index contributed by atoms with van der Waals surface area (Å²) in [6.07, 6.45) is 6.75. The number of rotatable bonds is 13. The van der Waals surface area contributed by atoms with Gasteiger partial charge in [-0.15, -0.1) is 0 Å². The van der Waals surface area contributed by atoms with Gasteiger partial charge in [-0.25, -0.2) is 0 Å². The summed E-state index contributed by atoms with van der Waals surface area (Å²) in [6.45, 7) is 7.64. The zero-order valence-electron chi connectivity index (χ0n) is 33.3. The Labute approximate surface area is 335 Å². The van der Waals surface area contributed by atoms with E-state index in [0.29, 0.717) is 0 Å². The second kappa shape index (κ2) is 14.8. The Morgan fingerprint density at radius 2 is 0.632 bits per heavy atom. The summed E-state index contributed by atoms with van der Waals surface area (Å²) in [7, 11) is 0. The van der Waals surface area contributed by atoms with Crippen LogP contribution in [0.2, 0.25) is 0 Å². The van der Waals surface area contributed by atoms with Crippen molar-refractivity contribution in [1.29, 1.82) is 0 Å². The van der Waals surface area contributed by atoms with Gasteiger partial charge in [-0.1, -0.05) is 133 Å². The molecule has 0 unspecified atom stereocenters. The second-order valence-electron chi connectivity index (χ2n) is 16.5. The maximum atomic E-state index is 2.59. The molecule has 0 radical (unpaired) electrons. The van der Waals surface area contributed by atoms with Crippen LogP contribution in [0.15, 0.2) is 164 Å². The highest BCUT2D eigenvalue weighted by molar-refractivity contribution is 6.09. The average Bonchev–Trinajstić information content (AvgIpc) is 3.87. The first kappa shape index (κ1) is 35.4. The molecule has 3 heteroatoms. The molecule has 0 saturated carbocycles. The van der Waals surface area contributed by atoms with E-state index in [-0.39, 0.29) is 5.41 Å². The first-order valence-corrected chi connectivity index (χ1v) is 21.1. The van der Waals surface area contributed by atoms with Gasteiger partial charge < -0.3 is 13.7 Å². The number of aromatic nitrogens is 3. The van der Waals surface area contributed by atoms with Crippen LogP contribution in [0.3, 0.4) is 0 Å². The van der Waals surface area contributed by atoms with Crippen LogP contribution >= 0.6 is 0 Å². The molecule has 3 nitrogen and oxygen atoms in total. The standard InChI is InChI=1S/C54H51N3/c1-39-30-31-40(2)47(38-39)54(32-15-35-55-48-24-9-3-18-41(48)42-19-4-10-25-49(42)55,33-16-36-56-50-26-11-5-20-43(50)44-21-6-12-27-51(44)56)34-17-37-57-52-28-13-7-22-45(52)46-23-8-14-29-53(46)57/h3-14,18-31,38H,15-17,32-37H2,1-2H3. The maximum absolute atomic E-state index is 2.59. The quantitative estimate of drug-likeness (QED) is 0.112. The molecule has 0 saturated heterocycles. The van der Waals surface area contributed by atoms with Crippen molar-refractivity contribution in [1.82, 2.24) is 13.7 Å². The minimum absolute atomic E-state index is 0.0202. The van der Waals surface area contributed by atoms with E-state index in [9.17, 15) is 0 Å². The molecule has 0 bridgehead atoms. The Balaban J connectivity index is 1.03. The molecule has 3 aromatic heterocycles. The molecule has 10 rings (SSSR count). The van der Waals surface area contributed by atoms with Gasteiger partial charge in [-0.3, -0.25) is 0 Å². The van der Waals surface area contributed by atoms with Gasteiger partial charge >= 0.3 is 0 Å². The fourth-order valence-electron chi connectivity index (χ4n) is 10.5. The highest BCUT2D eigenvalue weighted by Crippen LogP contribution is 2.43. The van der Waals surface area contributed by atoms with E-state index in [4.69, 9.17) is 0 Å². The highest BCUT2D eigenvalue weighted by atomic mass is 15.0. The highest BCUT2D eigenvalue weighted by Gasteiger charge is 2.33. The summed E-state index contributed by atoms with van der Waals surface area (Å²) in [5.41, 5.74) is 12.4. The molecule has 10 aromatic rings. The maximum Gasteiger partial charge on any atom is 0.0491 e. The van der Waals surface area contributed by atoms with Crippen LogP contribution in [-0.4, -0.2) is 13.7 Å². The third kappa shape index (κ3) is 6.21. The number of hydrogen-bond acceptors (Lipinski definition) is 0. The number of nitrogens with zero attached hydrogens (tertiary/aromatic N) is 3. The molecule has 282 valence electrons. The Kier molecular flexibility index (Phi) is 9.17. The largest absolute Gasteiger partial charge is 0.340 e. The number of hydrogen-bond donors (Lipinski definition) is 0. The summed E-state index contributed by atoms with van der Waals surface area (Å²) >= 11 is 0. The lowest BCUT2D eigenvalue weighted by Gasteiger charge is -2.37. The van der Waals surface area contributed by atoms with Crippen LogP contribution in [0, 0.1) is 13.8 Å². The SMILES string of the molecule is Cc1ccc(C)c(C(CCCn2c3ccccc3c3ccccc32)(CCCn2c3ccccc3c3ccccc32)CCCn2c3ccccc3c3ccccc32)c1. The van der Waals surface area contributed by atoms with E-state index in [1.165, 1.54) is 76.5 Å². The lowest BCUT2D eigenvalue weighted by molar-refractivity contribution is 0.296. The van der Waals surface area contributed by atoms with Crippen molar-refractivity contribution in [3.8, 4) is 0 Å². The molecule has 0 spiro atoms. The molecular weight excluding hydrogens is 691 g/mol. The minimum Gasteiger partial charge on any atom is -0.340 e. The third-order valence-electron chi connectivity index (χ3n) is 13.1. The predicted octanol–water partition coefficient (Wildman–Crippen LogP) is 14.3. The first-order chi connectivity index (χ1) is 28.1. The molecule has 0 fully saturated rings. The minimum atomic E-state index is 0.0202. The van der Waals surface area contributed by atoms with Gasteiger partial charge in [0, 0.05) is 85.1 Å². The van der Waals surface area contributed by atoms with E-state index >= 15 is 0 Å². The summed E-state index contributed by atoms with van der Waals surface area (Å²) < 4.78 is 7.78. The van der Waals surface area contributed by atoms with Gasteiger partial charge in [0.15, 0.2) is 0 Å². The number of para-hydroxylation sites is 6. The van der Waals surface area contributed by atoms with Crippen molar-refractivity contribution < 1.29 is 0 Å². The van der Waals surface area contributed by atoms with Crippen molar-refractivity contribution in [3.63, 3.8) is 0 Å². The third-order valence-corrected chi connectivity index (χ3v) is 13.1. The number of benzene rings is 7. The van der Waals surface area contributed by atoms with Crippen molar-refractivity contribution in [2.75, 3.05) is 0 Å². The zero-order valence-corrected chi connectivity index (χ0v) is 33.3. The van der Waals surface area contributed by atoms with Gasteiger partial charge in [-0.2, -0.15) is 0 Å². The van der Waals surface area contributed by atoms with E-state index in [1.807, 2.05) is 0 Å². The van der Waals surface area contributed by atoms with Gasteiger partial charge in [-0.05, 0) is 105 Å². The second-order valence-corrected chi connectivity index (χ2v) is 16.5. The van der Waals surface area contributed by atoms with Gasteiger partial charge in [0.1, 0.15) is 0 Å². The Bertz CT molecular complexity index is 2590. The molecule has 0 aliphatic rings. The van der Waals surface area contributed by atoms with Crippen LogP contribution in [0.25, 0.3) is 65.4 Å². The van der Waals surface area contributed by atoms with Gasteiger partial charge in [0.25, 0.3) is 0 Å². The summed E-state index contributed by atoms with van der Waals surface area (Å²) in [4.78, 5) is 0. The van der Waals surface area contributed by atoms with Crippen LogP contribution < -0.4 is 0 Å². The normalized spacial score (nSPS) is 12.3. The van der Waals surface area contributed by atoms with Crippen molar-refractivity contribution in [3.05, 3.63) is 180 Å². The van der Waals surface area contributed by atoms with Crippen LogP contribution in [-0.2, 0) is 25.0 Å². The van der Waals surface area contributed by atoms with Crippen LogP contribution in [0.5, 0.6) is 0 Å². The predicted molar refractivity (Wildman–Crippen MR) is 244 cm³/mol. The average molecular weight is 742 g/mol. The lowest BCUT2D eigenvalue weighted by atomic mass is 9.68. The van der Waals surface area contributed by atoms with Gasteiger partial charge in [0.2, 0.25) is 0 Å². The fraction of sp³-hybridized carbons (Fsp3) is 0.222. The monoisotopic (exact) mass is 741 g/mol. The molecule has 0 atom stereocenters. The molecule has 57 heavy (non-hydrogen) atoms. The molecule has 0 N–H and O–H groups in total. The molecule has 0 amide bonds. The van der Waals surface area contributed by atoms with Crippen LogP contribution in [0.4, 0.5) is 0 Å². The number of fused-ring (bicyclic) bond motifs is 9. The summed E-state index contributed by atoms with van der Waals surface area (Å²) in [6, 6.07) is 61.1. The smallest absolute Gasteiger partial charge is 0.0491 e. The van der Waals surface area contributed by atoms with Gasteiger partial charge in [0.05, 0.1) is 0 Å². The van der Waals surface area contributed by atoms with Crippen molar-refractivity contribution in [2.24, 2.45) is 0 Å². The van der Waals surface area contributed by atoms with Crippen LogP contribution in [0.1, 0.15) is 55.2 Å². The fourth-order valence-corrected chi connectivity index (χ4v) is 10.5. The van der Waals surface area contributed by atoms with Crippen molar-refractivity contribution in [2.45, 2.75) is 77.4 Å². The Morgan fingerprint density at radius 3 is 0.930 bits per heavy atom. The zero-order chi connectivity index (χ0) is 38.3. The molecule has 0 aliphatic carbocycles. The first-order valence-electron chi connectivity index (χ1n) is 21.1. The van der Waals surface area contributed by atoms with E-state index in [1.54, 1.807) is 5.56 Å². The molecule has 3 heterocycles. The summed E-state index contributed by atoms with van der Waals surface area (Å²) in [5, 5.41) is 8.12. The van der Waals surface area contributed by atoms with E-state index < -0.39 is 0 Å². The van der Waals surface area contributed by atoms with E-state index in [2.05, 4.69) is 191 Å².